The van der Waals surface area contributed by atoms with Crippen molar-refractivity contribution < 1.29 is 28.5 Å². The first kappa shape index (κ1) is 29.1. The van der Waals surface area contributed by atoms with Gasteiger partial charge < -0.3 is 23.7 Å². The monoisotopic (exact) mass is 566 g/mol. The summed E-state index contributed by atoms with van der Waals surface area (Å²) < 4.78 is 29.1. The number of hydrogen-bond donors (Lipinski definition) is 0. The molecule has 212 valence electrons. The van der Waals surface area contributed by atoms with E-state index in [1.807, 2.05) is 30.3 Å². The van der Waals surface area contributed by atoms with E-state index >= 15 is 0 Å². The van der Waals surface area contributed by atoms with Crippen LogP contribution in [0.4, 0.5) is 0 Å². The molecule has 40 heavy (non-hydrogen) atoms. The molecule has 3 aromatic rings. The smallest absolute Gasteiger partial charge is 0.338 e. The van der Waals surface area contributed by atoms with Crippen molar-refractivity contribution in [1.82, 2.24) is 4.57 Å². The van der Waals surface area contributed by atoms with Gasteiger partial charge in [-0.15, -0.1) is 0 Å². The van der Waals surface area contributed by atoms with Crippen LogP contribution in [0.15, 0.2) is 63.5 Å². The number of unbranched alkanes of at least 4 members (excludes halogenated alkanes) is 1. The molecule has 0 bridgehead atoms. The molecule has 1 unspecified atom stereocenters. The van der Waals surface area contributed by atoms with Crippen LogP contribution in [0.3, 0.4) is 0 Å². The lowest BCUT2D eigenvalue weighted by Gasteiger charge is -2.25. The van der Waals surface area contributed by atoms with E-state index in [0.717, 1.165) is 29.7 Å². The Balaban J connectivity index is 1.81. The summed E-state index contributed by atoms with van der Waals surface area (Å²) in [6, 6.07) is 12.2. The number of benzene rings is 2. The average Bonchev–Trinajstić information content (AvgIpc) is 3.26. The summed E-state index contributed by atoms with van der Waals surface area (Å²) in [5.41, 5.74) is 2.05. The van der Waals surface area contributed by atoms with Gasteiger partial charge in [0, 0.05) is 7.11 Å². The van der Waals surface area contributed by atoms with Crippen LogP contribution in [0.1, 0.15) is 43.9 Å². The summed E-state index contributed by atoms with van der Waals surface area (Å²) in [4.78, 5) is 32.3. The second-order valence-electron chi connectivity index (χ2n) is 9.10. The molecule has 4 rings (SSSR count). The van der Waals surface area contributed by atoms with Crippen molar-refractivity contribution in [3.8, 4) is 17.2 Å². The van der Waals surface area contributed by atoms with E-state index in [1.165, 1.54) is 18.4 Å². The van der Waals surface area contributed by atoms with Gasteiger partial charge in [-0.25, -0.2) is 9.79 Å². The predicted molar refractivity (Wildman–Crippen MR) is 153 cm³/mol. The van der Waals surface area contributed by atoms with Crippen molar-refractivity contribution in [2.75, 3.05) is 41.2 Å². The molecule has 2 aromatic carbocycles. The van der Waals surface area contributed by atoms with Crippen LogP contribution in [0.2, 0.25) is 0 Å². The molecular formula is C30H34N2O7S. The molecule has 0 radical (unpaired) electrons. The minimum atomic E-state index is -0.719. The number of carbonyl (C=O) groups is 1. The van der Waals surface area contributed by atoms with Gasteiger partial charge in [-0.1, -0.05) is 42.9 Å². The second-order valence-corrected chi connectivity index (χ2v) is 10.1. The molecule has 1 aliphatic heterocycles. The molecule has 0 spiro atoms. The normalized spacial score (nSPS) is 14.9. The number of methoxy groups -OCH3 is 3. The Labute approximate surface area is 236 Å². The zero-order valence-corrected chi connectivity index (χ0v) is 24.2. The van der Waals surface area contributed by atoms with Gasteiger partial charge in [0.25, 0.3) is 5.56 Å². The standard InChI is InChI=1S/C30H34N2O7S/c1-6-7-14-38-22-11-9-21(10-12-22)27-26(29(34)39-16-15-35-3)19(2)31-30-32(27)28(33)25(40-30)18-20-8-13-23(36-4)24(17-20)37-5/h8-13,17-18,27H,6-7,14-16H2,1-5H3/b25-18-. The lowest BCUT2D eigenvalue weighted by Crippen LogP contribution is -2.40. The quantitative estimate of drug-likeness (QED) is 0.244. The molecule has 1 aromatic heterocycles. The second kappa shape index (κ2) is 13.5. The van der Waals surface area contributed by atoms with Gasteiger partial charge >= 0.3 is 5.97 Å². The Hall–Kier alpha value is -3.89. The Morgan fingerprint density at radius 3 is 2.45 bits per heavy atom. The largest absolute Gasteiger partial charge is 0.494 e. The van der Waals surface area contributed by atoms with Crippen molar-refractivity contribution in [3.63, 3.8) is 0 Å². The fourth-order valence-corrected chi connectivity index (χ4v) is 5.41. The molecular weight excluding hydrogens is 532 g/mol. The number of ether oxygens (including phenoxy) is 5. The maximum atomic E-state index is 13.9. The first-order chi connectivity index (χ1) is 19.4. The number of fused-ring (bicyclic) bond motifs is 1. The van der Waals surface area contributed by atoms with Crippen LogP contribution in [0.25, 0.3) is 6.08 Å². The zero-order chi connectivity index (χ0) is 28.6. The van der Waals surface area contributed by atoms with E-state index < -0.39 is 12.0 Å². The van der Waals surface area contributed by atoms with Crippen molar-refractivity contribution in [1.29, 1.82) is 0 Å². The van der Waals surface area contributed by atoms with E-state index in [1.54, 1.807) is 43.9 Å². The molecule has 0 amide bonds. The highest BCUT2D eigenvalue weighted by Crippen LogP contribution is 2.32. The highest BCUT2D eigenvalue weighted by Gasteiger charge is 2.33. The molecule has 1 atom stereocenters. The molecule has 0 saturated carbocycles. The third-order valence-electron chi connectivity index (χ3n) is 6.43. The summed E-state index contributed by atoms with van der Waals surface area (Å²) in [6.45, 7) is 4.84. The summed E-state index contributed by atoms with van der Waals surface area (Å²) in [5.74, 6) is 1.33. The summed E-state index contributed by atoms with van der Waals surface area (Å²) in [5, 5.41) is 0. The van der Waals surface area contributed by atoms with Gasteiger partial charge in [0.05, 0.1) is 49.3 Å². The molecule has 10 heteroatoms. The van der Waals surface area contributed by atoms with Gasteiger partial charge in [0.15, 0.2) is 16.3 Å². The lowest BCUT2D eigenvalue weighted by atomic mass is 9.96. The Morgan fingerprint density at radius 1 is 1.02 bits per heavy atom. The van der Waals surface area contributed by atoms with Crippen molar-refractivity contribution in [3.05, 3.63) is 84.5 Å². The maximum Gasteiger partial charge on any atom is 0.338 e. The minimum absolute atomic E-state index is 0.0900. The molecule has 0 N–H and O–H groups in total. The van der Waals surface area contributed by atoms with Gasteiger partial charge in [-0.05, 0) is 54.8 Å². The highest BCUT2D eigenvalue weighted by molar-refractivity contribution is 7.07. The first-order valence-electron chi connectivity index (χ1n) is 13.0. The van der Waals surface area contributed by atoms with Crippen LogP contribution < -0.4 is 29.1 Å². The van der Waals surface area contributed by atoms with Crippen molar-refractivity contribution in [2.45, 2.75) is 32.7 Å². The molecule has 1 aliphatic rings. The topological polar surface area (TPSA) is 97.6 Å². The van der Waals surface area contributed by atoms with Gasteiger partial charge in [-0.3, -0.25) is 9.36 Å². The molecule has 0 aliphatic carbocycles. The van der Waals surface area contributed by atoms with E-state index in [2.05, 4.69) is 11.9 Å². The number of thiazole rings is 1. The number of esters is 1. The average molecular weight is 567 g/mol. The molecule has 0 fully saturated rings. The summed E-state index contributed by atoms with van der Waals surface area (Å²) >= 11 is 1.26. The summed E-state index contributed by atoms with van der Waals surface area (Å²) in [7, 11) is 4.67. The molecule has 0 saturated heterocycles. The van der Waals surface area contributed by atoms with Crippen LogP contribution >= 0.6 is 11.3 Å². The van der Waals surface area contributed by atoms with E-state index in [9.17, 15) is 9.59 Å². The fourth-order valence-electron chi connectivity index (χ4n) is 4.37. The maximum absolute atomic E-state index is 13.9. The van der Waals surface area contributed by atoms with Crippen LogP contribution in [0.5, 0.6) is 17.2 Å². The van der Waals surface area contributed by atoms with E-state index in [4.69, 9.17) is 23.7 Å². The van der Waals surface area contributed by atoms with Crippen molar-refractivity contribution in [2.24, 2.45) is 4.99 Å². The van der Waals surface area contributed by atoms with Crippen LogP contribution in [0, 0.1) is 0 Å². The number of carbonyl (C=O) groups excluding carboxylic acids is 1. The fraction of sp³-hybridized carbons (Fsp3) is 0.367. The number of rotatable bonds is 12. The van der Waals surface area contributed by atoms with E-state index in [0.29, 0.717) is 38.7 Å². The molecule has 2 heterocycles. The number of hydrogen-bond acceptors (Lipinski definition) is 9. The number of aromatic nitrogens is 1. The SMILES string of the molecule is CCCCOc1ccc(C2C(C(=O)OCCOC)=C(C)N=c3s/c(=C\c4ccc(OC)c(OC)c4)c(=O)n32)cc1. The Kier molecular flexibility index (Phi) is 9.79. The van der Waals surface area contributed by atoms with Gasteiger partial charge in [0.2, 0.25) is 0 Å². The number of nitrogens with zero attached hydrogens (tertiary/aromatic N) is 2. The third kappa shape index (κ3) is 6.29. The Morgan fingerprint density at radius 2 is 1.77 bits per heavy atom. The molecule has 9 nitrogen and oxygen atoms in total. The van der Waals surface area contributed by atoms with Gasteiger partial charge in [0.1, 0.15) is 12.4 Å². The summed E-state index contributed by atoms with van der Waals surface area (Å²) in [6.07, 6.45) is 3.77. The Bertz CT molecular complexity index is 1550. The third-order valence-corrected chi connectivity index (χ3v) is 7.41. The van der Waals surface area contributed by atoms with Gasteiger partial charge in [-0.2, -0.15) is 0 Å². The zero-order valence-electron chi connectivity index (χ0n) is 23.4. The van der Waals surface area contributed by atoms with E-state index in [-0.39, 0.29) is 18.8 Å². The predicted octanol–water partition coefficient (Wildman–Crippen LogP) is 3.62. The first-order valence-corrected chi connectivity index (χ1v) is 13.9. The van der Waals surface area contributed by atoms with Crippen LogP contribution in [-0.2, 0) is 14.3 Å². The van der Waals surface area contributed by atoms with Crippen LogP contribution in [-0.4, -0.2) is 51.7 Å². The van der Waals surface area contributed by atoms with Crippen molar-refractivity contribution >= 4 is 23.4 Å². The minimum Gasteiger partial charge on any atom is -0.494 e. The lowest BCUT2D eigenvalue weighted by molar-refractivity contribution is -0.140. The highest BCUT2D eigenvalue weighted by atomic mass is 32.1. The number of allylic oxidation sites excluding steroid dienone is 1.